The zero-order chi connectivity index (χ0) is 12.4. The second kappa shape index (κ2) is 4.58. The van der Waals surface area contributed by atoms with Crippen molar-refractivity contribution < 1.29 is 14.6 Å². The normalized spacial score (nSPS) is 10.2. The number of hydrogen-bond acceptors (Lipinski definition) is 3. The van der Waals surface area contributed by atoms with Crippen LogP contribution in [0.5, 0.6) is 5.75 Å². The lowest BCUT2D eigenvalue weighted by Gasteiger charge is -2.07. The third kappa shape index (κ3) is 2.31. The van der Waals surface area contributed by atoms with Crippen molar-refractivity contribution >= 4 is 21.9 Å². The Labute approximate surface area is 106 Å². The molecule has 0 radical (unpaired) electrons. The van der Waals surface area contributed by atoms with Gasteiger partial charge in [-0.05, 0) is 28.1 Å². The minimum atomic E-state index is -1.05. The molecule has 0 atom stereocenters. The molecule has 1 aromatic carbocycles. The van der Waals surface area contributed by atoms with E-state index in [0.29, 0.717) is 5.75 Å². The van der Waals surface area contributed by atoms with Crippen LogP contribution in [-0.4, -0.2) is 27.7 Å². The first-order valence-corrected chi connectivity index (χ1v) is 5.52. The molecule has 0 saturated carbocycles. The standard InChI is InChI=1S/C11H9BrN2O3/c1-17-7-2-3-8(12)10(4-7)14-5-9(11(15)16)13-6-14/h2-6H,1H3,(H,15,16). The Bertz CT molecular complexity index is 566. The average molecular weight is 297 g/mol. The fraction of sp³-hybridized carbons (Fsp3) is 0.0909. The minimum Gasteiger partial charge on any atom is -0.497 e. The first kappa shape index (κ1) is 11.7. The second-order valence-electron chi connectivity index (χ2n) is 3.29. The van der Waals surface area contributed by atoms with Gasteiger partial charge < -0.3 is 14.4 Å². The number of carboxylic acid groups (broad SMARTS) is 1. The molecule has 88 valence electrons. The Morgan fingerprint density at radius 1 is 1.53 bits per heavy atom. The summed E-state index contributed by atoms with van der Waals surface area (Å²) in [5.41, 5.74) is 0.768. The number of nitrogens with zero attached hydrogens (tertiary/aromatic N) is 2. The van der Waals surface area contributed by atoms with Crippen LogP contribution in [0.2, 0.25) is 0 Å². The average Bonchev–Trinajstić information content (AvgIpc) is 2.79. The van der Waals surface area contributed by atoms with Crippen molar-refractivity contribution in [1.82, 2.24) is 9.55 Å². The Balaban J connectivity index is 2.47. The third-order valence-electron chi connectivity index (χ3n) is 2.23. The molecule has 0 spiro atoms. The number of halogens is 1. The van der Waals surface area contributed by atoms with Gasteiger partial charge in [0.1, 0.15) is 12.1 Å². The van der Waals surface area contributed by atoms with Crippen LogP contribution in [0.4, 0.5) is 0 Å². The lowest BCUT2D eigenvalue weighted by molar-refractivity contribution is 0.0691. The maximum Gasteiger partial charge on any atom is 0.356 e. The predicted octanol–water partition coefficient (Wildman–Crippen LogP) is 2.34. The van der Waals surface area contributed by atoms with Crippen LogP contribution < -0.4 is 4.74 Å². The van der Waals surface area contributed by atoms with Crippen LogP contribution in [0.15, 0.2) is 35.2 Å². The van der Waals surface area contributed by atoms with Crippen LogP contribution in [0, 0.1) is 0 Å². The van der Waals surface area contributed by atoms with E-state index >= 15 is 0 Å². The predicted molar refractivity (Wildman–Crippen MR) is 64.8 cm³/mol. The van der Waals surface area contributed by atoms with Crippen LogP contribution in [-0.2, 0) is 0 Å². The molecule has 0 saturated heterocycles. The zero-order valence-electron chi connectivity index (χ0n) is 8.92. The van der Waals surface area contributed by atoms with Crippen molar-refractivity contribution in [2.45, 2.75) is 0 Å². The first-order valence-electron chi connectivity index (χ1n) is 4.73. The van der Waals surface area contributed by atoms with Gasteiger partial charge in [-0.3, -0.25) is 0 Å². The maximum atomic E-state index is 10.7. The van der Waals surface area contributed by atoms with Crippen molar-refractivity contribution in [3.63, 3.8) is 0 Å². The summed E-state index contributed by atoms with van der Waals surface area (Å²) in [5.74, 6) is -0.364. The van der Waals surface area contributed by atoms with Crippen LogP contribution in [0.25, 0.3) is 5.69 Å². The molecule has 5 nitrogen and oxygen atoms in total. The van der Waals surface area contributed by atoms with Gasteiger partial charge in [0.15, 0.2) is 5.69 Å². The monoisotopic (exact) mass is 296 g/mol. The van der Waals surface area contributed by atoms with Gasteiger partial charge in [-0.15, -0.1) is 0 Å². The maximum absolute atomic E-state index is 10.7. The molecular weight excluding hydrogens is 288 g/mol. The van der Waals surface area contributed by atoms with E-state index in [1.54, 1.807) is 17.7 Å². The molecule has 2 rings (SSSR count). The van der Waals surface area contributed by atoms with Crippen molar-refractivity contribution in [1.29, 1.82) is 0 Å². The number of aromatic nitrogens is 2. The van der Waals surface area contributed by atoms with Crippen molar-refractivity contribution in [2.24, 2.45) is 0 Å². The van der Waals surface area contributed by atoms with E-state index in [0.717, 1.165) is 10.2 Å². The van der Waals surface area contributed by atoms with Gasteiger partial charge in [0.05, 0.1) is 12.8 Å². The number of benzene rings is 1. The van der Waals surface area contributed by atoms with Gasteiger partial charge in [-0.2, -0.15) is 0 Å². The van der Waals surface area contributed by atoms with E-state index in [2.05, 4.69) is 20.9 Å². The molecule has 2 aromatic rings. The molecule has 6 heteroatoms. The highest BCUT2D eigenvalue weighted by molar-refractivity contribution is 9.10. The van der Waals surface area contributed by atoms with Gasteiger partial charge in [0.2, 0.25) is 0 Å². The molecule has 0 unspecified atom stereocenters. The van der Waals surface area contributed by atoms with Gasteiger partial charge in [-0.25, -0.2) is 9.78 Å². The second-order valence-corrected chi connectivity index (χ2v) is 4.14. The number of imidazole rings is 1. The lowest BCUT2D eigenvalue weighted by atomic mass is 10.3. The molecule has 0 bridgehead atoms. The summed E-state index contributed by atoms with van der Waals surface area (Å²) in [5, 5.41) is 8.80. The molecule has 17 heavy (non-hydrogen) atoms. The Morgan fingerprint density at radius 3 is 2.88 bits per heavy atom. The van der Waals surface area contributed by atoms with E-state index < -0.39 is 5.97 Å². The summed E-state index contributed by atoms with van der Waals surface area (Å²) in [6, 6.07) is 5.43. The number of methoxy groups -OCH3 is 1. The molecule has 0 fully saturated rings. The fourth-order valence-electron chi connectivity index (χ4n) is 1.38. The summed E-state index contributed by atoms with van der Waals surface area (Å²) < 4.78 is 7.56. The number of carboxylic acids is 1. The summed E-state index contributed by atoms with van der Waals surface area (Å²) in [4.78, 5) is 14.5. The Hall–Kier alpha value is -1.82. The van der Waals surface area contributed by atoms with Crippen molar-refractivity contribution in [3.05, 3.63) is 40.9 Å². The van der Waals surface area contributed by atoms with Crippen LogP contribution >= 0.6 is 15.9 Å². The largest absolute Gasteiger partial charge is 0.497 e. The minimum absolute atomic E-state index is 0.000259. The molecule has 0 aliphatic rings. The van der Waals surface area contributed by atoms with Crippen LogP contribution in [0.1, 0.15) is 10.5 Å². The number of carbonyl (C=O) groups is 1. The van der Waals surface area contributed by atoms with Gasteiger partial charge >= 0.3 is 5.97 Å². The van der Waals surface area contributed by atoms with E-state index in [1.165, 1.54) is 12.5 Å². The highest BCUT2D eigenvalue weighted by Gasteiger charge is 2.10. The first-order chi connectivity index (χ1) is 8.11. The molecule has 0 amide bonds. The van der Waals surface area contributed by atoms with Crippen molar-refractivity contribution in [3.8, 4) is 11.4 Å². The number of aromatic carboxylic acids is 1. The summed E-state index contributed by atoms with van der Waals surface area (Å²) >= 11 is 3.39. The highest BCUT2D eigenvalue weighted by Crippen LogP contribution is 2.25. The third-order valence-corrected chi connectivity index (χ3v) is 2.90. The van der Waals surface area contributed by atoms with Gasteiger partial charge in [0.25, 0.3) is 0 Å². The van der Waals surface area contributed by atoms with Gasteiger partial charge in [-0.1, -0.05) is 0 Å². The topological polar surface area (TPSA) is 64.4 Å². The summed E-state index contributed by atoms with van der Waals surface area (Å²) in [6.07, 6.45) is 2.89. The number of ether oxygens (including phenoxy) is 1. The summed E-state index contributed by atoms with van der Waals surface area (Å²) in [6.45, 7) is 0. The molecule has 1 aromatic heterocycles. The lowest BCUT2D eigenvalue weighted by Crippen LogP contribution is -1.96. The summed E-state index contributed by atoms with van der Waals surface area (Å²) in [7, 11) is 1.57. The molecule has 1 heterocycles. The molecular formula is C11H9BrN2O3. The van der Waals surface area contributed by atoms with Gasteiger partial charge in [0, 0.05) is 16.7 Å². The number of hydrogen-bond donors (Lipinski definition) is 1. The zero-order valence-corrected chi connectivity index (χ0v) is 10.5. The van der Waals surface area contributed by atoms with E-state index in [-0.39, 0.29) is 5.69 Å². The quantitative estimate of drug-likeness (QED) is 0.944. The molecule has 1 N–H and O–H groups in total. The van der Waals surface area contributed by atoms with E-state index in [9.17, 15) is 4.79 Å². The SMILES string of the molecule is COc1ccc(Br)c(-n2cnc(C(=O)O)c2)c1. The molecule has 0 aliphatic heterocycles. The Kier molecular flexibility index (Phi) is 3.14. The molecule has 0 aliphatic carbocycles. The smallest absolute Gasteiger partial charge is 0.356 e. The highest BCUT2D eigenvalue weighted by atomic mass is 79.9. The number of rotatable bonds is 3. The fourth-order valence-corrected chi connectivity index (χ4v) is 1.83. The van der Waals surface area contributed by atoms with E-state index in [4.69, 9.17) is 9.84 Å². The Morgan fingerprint density at radius 2 is 2.29 bits per heavy atom. The van der Waals surface area contributed by atoms with Crippen molar-refractivity contribution in [2.75, 3.05) is 7.11 Å². The van der Waals surface area contributed by atoms with E-state index in [1.807, 2.05) is 12.1 Å². The van der Waals surface area contributed by atoms with Crippen LogP contribution in [0.3, 0.4) is 0 Å².